The van der Waals surface area contributed by atoms with Crippen molar-refractivity contribution in [3.8, 4) is 5.75 Å². The van der Waals surface area contributed by atoms with Crippen LogP contribution in [-0.2, 0) is 4.79 Å². The summed E-state index contributed by atoms with van der Waals surface area (Å²) in [5.41, 5.74) is 2.67. The fraction of sp³-hybridized carbons (Fsp3) is 0.417. The molecule has 0 aromatic heterocycles. The third-order valence-corrected chi connectivity index (χ3v) is 5.73. The molecule has 30 heavy (non-hydrogen) atoms. The monoisotopic (exact) mass is 409 g/mol. The van der Waals surface area contributed by atoms with Gasteiger partial charge < -0.3 is 4.74 Å². The second-order valence-corrected chi connectivity index (χ2v) is 7.85. The Morgan fingerprint density at radius 1 is 1.07 bits per heavy atom. The second kappa shape index (κ2) is 9.39. The molecule has 0 spiro atoms. The summed E-state index contributed by atoms with van der Waals surface area (Å²) in [6.45, 7) is 4.87. The van der Waals surface area contributed by atoms with Gasteiger partial charge >= 0.3 is 0 Å². The molecule has 5 nitrogen and oxygen atoms in total. The number of ether oxygens (including phenoxy) is 1. The number of likely N-dealkylation sites (tertiary alicyclic amines) is 1. The van der Waals surface area contributed by atoms with Gasteiger partial charge in [-0.3, -0.25) is 9.69 Å². The Bertz CT molecular complexity index is 890. The topological polar surface area (TPSA) is 45.1 Å². The van der Waals surface area contributed by atoms with Gasteiger partial charge in [0, 0.05) is 6.42 Å². The minimum atomic E-state index is -0.279. The van der Waals surface area contributed by atoms with Gasteiger partial charge in [0.25, 0.3) is 5.91 Å². The predicted molar refractivity (Wildman–Crippen MR) is 115 cm³/mol. The standard InChI is InChI=1S/C24H28FN3O2/c1-2-30-21-12-8-19(9-13-21)23-16-22(18-6-10-20(25)11-7-18)26-28(23)24(29)17-27-14-4-3-5-15-27/h6-13,23H,2-5,14-17H2,1H3/t23-/m1/s1. The highest BCUT2D eigenvalue weighted by atomic mass is 19.1. The average Bonchev–Trinajstić information content (AvgIpc) is 3.21. The zero-order chi connectivity index (χ0) is 20.9. The van der Waals surface area contributed by atoms with Crippen molar-refractivity contribution in [3.63, 3.8) is 0 Å². The van der Waals surface area contributed by atoms with E-state index in [1.807, 2.05) is 31.2 Å². The molecule has 0 unspecified atom stereocenters. The van der Waals surface area contributed by atoms with Crippen LogP contribution in [0.25, 0.3) is 0 Å². The SMILES string of the molecule is CCOc1ccc([C@H]2CC(c3ccc(F)cc3)=NN2C(=O)CN2CCCCC2)cc1. The Morgan fingerprint density at radius 3 is 2.43 bits per heavy atom. The molecule has 2 aromatic rings. The summed E-state index contributed by atoms with van der Waals surface area (Å²) in [6.07, 6.45) is 4.11. The zero-order valence-corrected chi connectivity index (χ0v) is 17.4. The number of hydrazone groups is 1. The quantitative estimate of drug-likeness (QED) is 0.711. The normalized spacial score (nSPS) is 19.6. The Hall–Kier alpha value is -2.73. The molecule has 1 fully saturated rings. The van der Waals surface area contributed by atoms with Crippen molar-refractivity contribution in [2.45, 2.75) is 38.6 Å². The van der Waals surface area contributed by atoms with Crippen molar-refractivity contribution in [2.75, 3.05) is 26.2 Å². The van der Waals surface area contributed by atoms with Gasteiger partial charge in [0.15, 0.2) is 0 Å². The number of benzene rings is 2. The molecule has 158 valence electrons. The third kappa shape index (κ3) is 4.70. The minimum absolute atomic E-state index is 0.00731. The highest BCUT2D eigenvalue weighted by Gasteiger charge is 2.33. The van der Waals surface area contributed by atoms with E-state index in [0.29, 0.717) is 19.6 Å². The first kappa shape index (κ1) is 20.5. The van der Waals surface area contributed by atoms with E-state index >= 15 is 0 Å². The Labute approximate surface area is 177 Å². The number of hydrogen-bond acceptors (Lipinski definition) is 4. The number of carbonyl (C=O) groups is 1. The van der Waals surface area contributed by atoms with Crippen LogP contribution < -0.4 is 4.74 Å². The van der Waals surface area contributed by atoms with Gasteiger partial charge in [-0.25, -0.2) is 9.40 Å². The molecule has 2 heterocycles. The van der Waals surface area contributed by atoms with E-state index in [9.17, 15) is 9.18 Å². The van der Waals surface area contributed by atoms with E-state index < -0.39 is 0 Å². The van der Waals surface area contributed by atoms with Crippen molar-refractivity contribution in [2.24, 2.45) is 5.10 Å². The molecule has 6 heteroatoms. The first-order chi connectivity index (χ1) is 14.6. The summed E-state index contributed by atoms with van der Waals surface area (Å²) in [4.78, 5) is 15.4. The first-order valence-electron chi connectivity index (χ1n) is 10.7. The third-order valence-electron chi connectivity index (χ3n) is 5.73. The van der Waals surface area contributed by atoms with Gasteiger partial charge in [-0.1, -0.05) is 30.7 Å². The van der Waals surface area contributed by atoms with Crippen molar-refractivity contribution in [1.29, 1.82) is 0 Å². The number of piperidine rings is 1. The number of amides is 1. The lowest BCUT2D eigenvalue weighted by atomic mass is 9.98. The van der Waals surface area contributed by atoms with Crippen LogP contribution >= 0.6 is 0 Å². The molecule has 0 bridgehead atoms. The molecule has 2 aliphatic rings. The van der Waals surface area contributed by atoms with Crippen LogP contribution in [0.2, 0.25) is 0 Å². The molecule has 0 saturated carbocycles. The van der Waals surface area contributed by atoms with Crippen LogP contribution in [0.5, 0.6) is 5.75 Å². The Kier molecular flexibility index (Phi) is 6.43. The maximum Gasteiger partial charge on any atom is 0.257 e. The maximum atomic E-state index is 13.4. The van der Waals surface area contributed by atoms with Gasteiger partial charge in [0.05, 0.1) is 24.9 Å². The lowest BCUT2D eigenvalue weighted by Gasteiger charge is -2.29. The van der Waals surface area contributed by atoms with Crippen molar-refractivity contribution < 1.29 is 13.9 Å². The highest BCUT2D eigenvalue weighted by molar-refractivity contribution is 6.03. The summed E-state index contributed by atoms with van der Waals surface area (Å²) in [5.74, 6) is 0.538. The molecular formula is C24H28FN3O2. The zero-order valence-electron chi connectivity index (χ0n) is 17.4. The summed E-state index contributed by atoms with van der Waals surface area (Å²) < 4.78 is 18.9. The van der Waals surface area contributed by atoms with Crippen LogP contribution in [0.1, 0.15) is 49.8 Å². The lowest BCUT2D eigenvalue weighted by Crippen LogP contribution is -2.40. The number of hydrogen-bond donors (Lipinski definition) is 0. The molecular weight excluding hydrogens is 381 g/mol. The predicted octanol–water partition coefficient (Wildman–Crippen LogP) is 4.39. The van der Waals surface area contributed by atoms with Crippen molar-refractivity contribution in [3.05, 3.63) is 65.5 Å². The van der Waals surface area contributed by atoms with Crippen molar-refractivity contribution >= 4 is 11.6 Å². The first-order valence-corrected chi connectivity index (χ1v) is 10.7. The van der Waals surface area contributed by atoms with E-state index in [1.54, 1.807) is 17.1 Å². The molecule has 4 rings (SSSR count). The van der Waals surface area contributed by atoms with Crippen LogP contribution in [0.4, 0.5) is 4.39 Å². The lowest BCUT2D eigenvalue weighted by molar-refractivity contribution is -0.134. The summed E-state index contributed by atoms with van der Waals surface area (Å²) >= 11 is 0. The van der Waals surface area contributed by atoms with E-state index in [4.69, 9.17) is 9.84 Å². The Balaban J connectivity index is 1.58. The van der Waals surface area contributed by atoms with Crippen LogP contribution in [-0.4, -0.2) is 47.8 Å². The largest absolute Gasteiger partial charge is 0.494 e. The van der Waals surface area contributed by atoms with Crippen molar-refractivity contribution in [1.82, 2.24) is 9.91 Å². The maximum absolute atomic E-state index is 13.4. The van der Waals surface area contributed by atoms with Gasteiger partial charge in [-0.05, 0) is 68.2 Å². The smallest absolute Gasteiger partial charge is 0.257 e. The number of nitrogens with zero attached hydrogens (tertiary/aromatic N) is 3. The highest BCUT2D eigenvalue weighted by Crippen LogP contribution is 2.34. The molecule has 1 amide bonds. The number of carbonyl (C=O) groups excluding carboxylic acids is 1. The van der Waals surface area contributed by atoms with Crippen LogP contribution in [0.15, 0.2) is 53.6 Å². The van der Waals surface area contributed by atoms with Crippen LogP contribution in [0, 0.1) is 5.82 Å². The van der Waals surface area contributed by atoms with E-state index in [-0.39, 0.29) is 17.8 Å². The molecule has 2 aliphatic heterocycles. The average molecular weight is 410 g/mol. The minimum Gasteiger partial charge on any atom is -0.494 e. The summed E-state index contributed by atoms with van der Waals surface area (Å²) in [5, 5.41) is 6.32. The molecule has 0 radical (unpaired) electrons. The Morgan fingerprint density at radius 2 is 1.77 bits per heavy atom. The van der Waals surface area contributed by atoms with E-state index in [1.165, 1.54) is 18.6 Å². The summed E-state index contributed by atoms with van der Waals surface area (Å²) in [6, 6.07) is 14.0. The fourth-order valence-corrected chi connectivity index (χ4v) is 4.15. The number of halogens is 1. The van der Waals surface area contributed by atoms with E-state index in [0.717, 1.165) is 48.5 Å². The molecule has 1 saturated heterocycles. The van der Waals surface area contributed by atoms with Crippen LogP contribution in [0.3, 0.4) is 0 Å². The molecule has 1 atom stereocenters. The molecule has 2 aromatic carbocycles. The molecule has 0 N–H and O–H groups in total. The molecule has 0 aliphatic carbocycles. The fourth-order valence-electron chi connectivity index (χ4n) is 4.15. The second-order valence-electron chi connectivity index (χ2n) is 7.85. The van der Waals surface area contributed by atoms with E-state index in [2.05, 4.69) is 4.90 Å². The van der Waals surface area contributed by atoms with Gasteiger partial charge in [0.1, 0.15) is 11.6 Å². The van der Waals surface area contributed by atoms with Gasteiger partial charge in [-0.2, -0.15) is 5.10 Å². The summed E-state index contributed by atoms with van der Waals surface area (Å²) in [7, 11) is 0. The van der Waals surface area contributed by atoms with Gasteiger partial charge in [-0.15, -0.1) is 0 Å². The number of rotatable bonds is 6. The van der Waals surface area contributed by atoms with Gasteiger partial charge in [0.2, 0.25) is 0 Å².